The minimum absolute atomic E-state index is 0.0847. The lowest BCUT2D eigenvalue weighted by Crippen LogP contribution is -2.09. The average molecular weight is 240 g/mol. The molecule has 1 aromatic rings. The zero-order valence-electron chi connectivity index (χ0n) is 9.50. The molecule has 0 saturated heterocycles. The first kappa shape index (κ1) is 13.0. The second-order valence-corrected chi connectivity index (χ2v) is 4.42. The molecular formula is C13H15ClFN. The van der Waals surface area contributed by atoms with E-state index in [9.17, 15) is 4.39 Å². The van der Waals surface area contributed by atoms with Gasteiger partial charge < -0.3 is 0 Å². The van der Waals surface area contributed by atoms with Gasteiger partial charge in [-0.15, -0.1) is 0 Å². The molecule has 0 amide bonds. The fourth-order valence-corrected chi connectivity index (χ4v) is 2.07. The van der Waals surface area contributed by atoms with Crippen LogP contribution in [0.5, 0.6) is 0 Å². The summed E-state index contributed by atoms with van der Waals surface area (Å²) >= 11 is 5.71. The molecule has 0 aliphatic heterocycles. The van der Waals surface area contributed by atoms with Crippen LogP contribution in [-0.4, -0.2) is 0 Å². The Morgan fingerprint density at radius 1 is 1.50 bits per heavy atom. The minimum Gasteiger partial charge on any atom is -0.205 e. The third-order valence-corrected chi connectivity index (χ3v) is 3.06. The van der Waals surface area contributed by atoms with Crippen LogP contribution in [0.25, 0.3) is 0 Å². The molecule has 0 N–H and O–H groups in total. The average Bonchev–Trinajstić information content (AvgIpc) is 2.25. The van der Waals surface area contributed by atoms with Crippen molar-refractivity contribution in [2.45, 2.75) is 32.6 Å². The first-order chi connectivity index (χ1) is 7.61. The van der Waals surface area contributed by atoms with E-state index in [1.54, 1.807) is 12.1 Å². The molecule has 16 heavy (non-hydrogen) atoms. The van der Waals surface area contributed by atoms with Gasteiger partial charge in [-0.2, -0.15) is 5.26 Å². The second-order valence-electron chi connectivity index (χ2n) is 4.02. The topological polar surface area (TPSA) is 23.8 Å². The van der Waals surface area contributed by atoms with Gasteiger partial charge in [0.1, 0.15) is 5.82 Å². The zero-order chi connectivity index (χ0) is 12.1. The summed E-state index contributed by atoms with van der Waals surface area (Å²) in [5.41, 5.74) is 0.413. The van der Waals surface area contributed by atoms with E-state index in [1.807, 2.05) is 6.92 Å². The van der Waals surface area contributed by atoms with Gasteiger partial charge in [0.15, 0.2) is 0 Å². The van der Waals surface area contributed by atoms with Gasteiger partial charge in [-0.1, -0.05) is 44.0 Å². The van der Waals surface area contributed by atoms with Crippen molar-refractivity contribution >= 4 is 11.6 Å². The Bertz CT molecular complexity index is 397. The van der Waals surface area contributed by atoms with Gasteiger partial charge in [0.25, 0.3) is 0 Å². The number of halogens is 2. The van der Waals surface area contributed by atoms with Gasteiger partial charge in [-0.3, -0.25) is 0 Å². The molecule has 86 valence electrons. The Morgan fingerprint density at radius 2 is 2.19 bits per heavy atom. The van der Waals surface area contributed by atoms with Crippen molar-refractivity contribution in [3.63, 3.8) is 0 Å². The standard InChI is InChI=1S/C13H15ClFN/c1-3-5-9(2)11(8-16)10-6-4-7-12(14)13(10)15/h4,6-7,9,11H,3,5H2,1-2H3. The summed E-state index contributed by atoms with van der Waals surface area (Å²) in [7, 11) is 0. The Morgan fingerprint density at radius 3 is 2.75 bits per heavy atom. The number of hydrogen-bond acceptors (Lipinski definition) is 1. The molecule has 2 unspecified atom stereocenters. The molecule has 0 saturated carbocycles. The lowest BCUT2D eigenvalue weighted by molar-refractivity contribution is 0.467. The van der Waals surface area contributed by atoms with E-state index in [1.165, 1.54) is 6.07 Å². The smallest absolute Gasteiger partial charge is 0.146 e. The van der Waals surface area contributed by atoms with E-state index in [2.05, 4.69) is 13.0 Å². The lowest BCUT2D eigenvalue weighted by Gasteiger charge is -2.18. The van der Waals surface area contributed by atoms with Crippen molar-refractivity contribution in [2.24, 2.45) is 5.92 Å². The monoisotopic (exact) mass is 239 g/mol. The highest BCUT2D eigenvalue weighted by Crippen LogP contribution is 2.31. The Kier molecular flexibility index (Phi) is 4.76. The van der Waals surface area contributed by atoms with Crippen molar-refractivity contribution in [3.05, 3.63) is 34.6 Å². The van der Waals surface area contributed by atoms with Gasteiger partial charge >= 0.3 is 0 Å². The van der Waals surface area contributed by atoms with Crippen molar-refractivity contribution in [1.82, 2.24) is 0 Å². The third-order valence-electron chi connectivity index (χ3n) is 2.77. The maximum atomic E-state index is 13.8. The van der Waals surface area contributed by atoms with Crippen LogP contribution in [0.15, 0.2) is 18.2 Å². The van der Waals surface area contributed by atoms with Gasteiger partial charge in [0.05, 0.1) is 17.0 Å². The summed E-state index contributed by atoms with van der Waals surface area (Å²) in [4.78, 5) is 0. The van der Waals surface area contributed by atoms with E-state index in [0.717, 1.165) is 12.8 Å². The number of rotatable bonds is 4. The molecular weight excluding hydrogens is 225 g/mol. The van der Waals surface area contributed by atoms with E-state index in [-0.39, 0.29) is 10.9 Å². The predicted octanol–water partition coefficient (Wildman–Crippen LogP) is 4.52. The first-order valence-corrected chi connectivity index (χ1v) is 5.83. The van der Waals surface area contributed by atoms with Gasteiger partial charge in [0.2, 0.25) is 0 Å². The molecule has 0 radical (unpaired) electrons. The highest BCUT2D eigenvalue weighted by atomic mass is 35.5. The molecule has 1 aromatic carbocycles. The lowest BCUT2D eigenvalue weighted by atomic mass is 9.85. The SMILES string of the molecule is CCCC(C)C(C#N)c1cccc(Cl)c1F. The number of nitriles is 1. The van der Waals surface area contributed by atoms with Gasteiger partial charge in [-0.25, -0.2) is 4.39 Å². The van der Waals surface area contributed by atoms with E-state index in [4.69, 9.17) is 16.9 Å². The fourth-order valence-electron chi connectivity index (χ4n) is 1.89. The highest BCUT2D eigenvalue weighted by Gasteiger charge is 2.22. The molecule has 0 spiro atoms. The zero-order valence-corrected chi connectivity index (χ0v) is 10.3. The molecule has 0 bridgehead atoms. The van der Waals surface area contributed by atoms with Crippen LogP contribution in [0.2, 0.25) is 5.02 Å². The van der Waals surface area contributed by atoms with Gasteiger partial charge in [-0.05, 0) is 18.4 Å². The normalized spacial score (nSPS) is 14.2. The Balaban J connectivity index is 3.05. The quantitative estimate of drug-likeness (QED) is 0.758. The largest absolute Gasteiger partial charge is 0.205 e. The van der Waals surface area contributed by atoms with Crippen molar-refractivity contribution in [3.8, 4) is 6.07 Å². The molecule has 3 heteroatoms. The molecule has 0 fully saturated rings. The summed E-state index contributed by atoms with van der Waals surface area (Å²) in [5.74, 6) is -0.736. The van der Waals surface area contributed by atoms with Crippen LogP contribution >= 0.6 is 11.6 Å². The Hall–Kier alpha value is -1.07. The number of nitrogens with zero attached hydrogens (tertiary/aromatic N) is 1. The number of hydrogen-bond donors (Lipinski definition) is 0. The predicted molar refractivity (Wildman–Crippen MR) is 63.8 cm³/mol. The maximum absolute atomic E-state index is 13.8. The van der Waals surface area contributed by atoms with Crippen LogP contribution in [0.1, 0.15) is 38.2 Å². The van der Waals surface area contributed by atoms with Crippen molar-refractivity contribution in [2.75, 3.05) is 0 Å². The molecule has 2 atom stereocenters. The first-order valence-electron chi connectivity index (χ1n) is 5.45. The molecule has 1 rings (SSSR count). The minimum atomic E-state index is -0.460. The summed E-state index contributed by atoms with van der Waals surface area (Å²) in [6.45, 7) is 4.02. The second kappa shape index (κ2) is 5.86. The summed E-state index contributed by atoms with van der Waals surface area (Å²) < 4.78 is 13.8. The van der Waals surface area contributed by atoms with Gasteiger partial charge in [0, 0.05) is 5.56 Å². The molecule has 0 heterocycles. The molecule has 0 aromatic heterocycles. The number of benzene rings is 1. The van der Waals surface area contributed by atoms with E-state index in [0.29, 0.717) is 5.56 Å². The summed E-state index contributed by atoms with van der Waals surface area (Å²) in [5, 5.41) is 9.22. The van der Waals surface area contributed by atoms with E-state index < -0.39 is 11.7 Å². The van der Waals surface area contributed by atoms with Crippen molar-refractivity contribution in [1.29, 1.82) is 5.26 Å². The van der Waals surface area contributed by atoms with Crippen molar-refractivity contribution < 1.29 is 4.39 Å². The van der Waals surface area contributed by atoms with E-state index >= 15 is 0 Å². The third kappa shape index (κ3) is 2.74. The van der Waals surface area contributed by atoms with Crippen LogP contribution in [0, 0.1) is 23.1 Å². The fraction of sp³-hybridized carbons (Fsp3) is 0.462. The molecule has 0 aliphatic carbocycles. The van der Waals surface area contributed by atoms with Crippen LogP contribution < -0.4 is 0 Å². The molecule has 1 nitrogen and oxygen atoms in total. The van der Waals surface area contributed by atoms with Crippen LogP contribution in [0.3, 0.4) is 0 Å². The van der Waals surface area contributed by atoms with Crippen LogP contribution in [0.4, 0.5) is 4.39 Å². The highest BCUT2D eigenvalue weighted by molar-refractivity contribution is 6.30. The maximum Gasteiger partial charge on any atom is 0.146 e. The Labute approximate surface area is 101 Å². The molecule has 0 aliphatic rings. The summed E-state index contributed by atoms with van der Waals surface area (Å²) in [6.07, 6.45) is 1.89. The summed E-state index contributed by atoms with van der Waals surface area (Å²) in [6, 6.07) is 7.00. The van der Waals surface area contributed by atoms with Crippen LogP contribution in [-0.2, 0) is 0 Å².